The third-order valence-electron chi connectivity index (χ3n) is 2.68. The van der Waals surface area contributed by atoms with E-state index in [0.29, 0.717) is 16.8 Å². The monoisotopic (exact) mass is 205 g/mol. The van der Waals surface area contributed by atoms with Gasteiger partial charge in [0.1, 0.15) is 0 Å². The van der Waals surface area contributed by atoms with Crippen LogP contribution in [-0.4, -0.2) is 0 Å². The fourth-order valence-corrected chi connectivity index (χ4v) is 1.83. The fourth-order valence-electron chi connectivity index (χ4n) is 1.83. The van der Waals surface area contributed by atoms with Crippen molar-refractivity contribution in [2.24, 2.45) is 0 Å². The van der Waals surface area contributed by atoms with Gasteiger partial charge in [-0.1, -0.05) is 41.7 Å². The highest BCUT2D eigenvalue weighted by Crippen LogP contribution is 2.37. The number of hydrogen-bond acceptors (Lipinski definition) is 1. The van der Waals surface area contributed by atoms with Crippen LogP contribution in [0.2, 0.25) is 0 Å². The van der Waals surface area contributed by atoms with Gasteiger partial charge in [-0.05, 0) is 6.92 Å². The first-order valence-electron chi connectivity index (χ1n) is 4.94. The van der Waals surface area contributed by atoms with Gasteiger partial charge >= 0.3 is 0 Å². The minimum absolute atomic E-state index is 0.531. The highest BCUT2D eigenvalue weighted by Gasteiger charge is 2.17. The first-order valence-corrected chi connectivity index (χ1v) is 4.94. The van der Waals surface area contributed by atoms with E-state index in [1.54, 1.807) is 0 Å². The molecule has 0 radical (unpaired) electrons. The van der Waals surface area contributed by atoms with Crippen LogP contribution in [-0.2, 0) is 0 Å². The predicted molar refractivity (Wildman–Crippen MR) is 68.1 cm³/mol. The van der Waals surface area contributed by atoms with Crippen molar-refractivity contribution in [3.63, 3.8) is 0 Å². The van der Waals surface area contributed by atoms with E-state index in [1.165, 1.54) is 0 Å². The highest BCUT2D eigenvalue weighted by atomic mass is 14.6. The molecule has 1 nitrogen and oxygen atoms in total. The Labute approximate surface area is 95.6 Å². The molecule has 0 heterocycles. The Balaban J connectivity index is 2.93. The molecule has 0 aromatic rings. The molecule has 0 atom stereocenters. The minimum atomic E-state index is 0.531. The normalized spacial score (nSPS) is 9.69. The second-order valence-electron chi connectivity index (χ2n) is 3.69. The summed E-state index contributed by atoms with van der Waals surface area (Å²) in [4.78, 5) is 0. The molecular formula is C15H11N. The van der Waals surface area contributed by atoms with Crippen LogP contribution in [0.3, 0.4) is 0 Å². The maximum absolute atomic E-state index is 5.93. The molecule has 16 heavy (non-hydrogen) atoms. The third-order valence-corrected chi connectivity index (χ3v) is 2.68. The van der Waals surface area contributed by atoms with Gasteiger partial charge < -0.3 is 5.73 Å². The van der Waals surface area contributed by atoms with Crippen molar-refractivity contribution in [1.29, 1.82) is 0 Å². The summed E-state index contributed by atoms with van der Waals surface area (Å²) in [6.45, 7) is 2.02. The second kappa shape index (κ2) is 3.65. The summed E-state index contributed by atoms with van der Waals surface area (Å²) >= 11 is 0. The van der Waals surface area contributed by atoms with E-state index in [0.717, 1.165) is 16.7 Å². The van der Waals surface area contributed by atoms with Gasteiger partial charge in [0.15, 0.2) is 0 Å². The van der Waals surface area contributed by atoms with E-state index in [1.807, 2.05) is 31.2 Å². The molecule has 1 heteroatoms. The van der Waals surface area contributed by atoms with Crippen LogP contribution in [0.1, 0.15) is 16.7 Å². The molecule has 0 saturated carbocycles. The number of anilines is 1. The number of rotatable bonds is 0. The molecule has 0 unspecified atom stereocenters. The van der Waals surface area contributed by atoms with E-state index in [4.69, 9.17) is 18.6 Å². The Bertz CT molecular complexity index is 557. The molecule has 0 saturated heterocycles. The van der Waals surface area contributed by atoms with Crippen LogP contribution in [0.25, 0.3) is 11.1 Å². The van der Waals surface area contributed by atoms with Crippen LogP contribution < -0.4 is 5.73 Å². The van der Waals surface area contributed by atoms with Gasteiger partial charge in [0, 0.05) is 11.1 Å². The summed E-state index contributed by atoms with van der Waals surface area (Å²) in [6, 6.07) is 7.94. The van der Waals surface area contributed by atoms with E-state index >= 15 is 0 Å². The number of nitrogens with two attached hydrogens (primary N) is 1. The number of hydrogen-bond donors (Lipinski definition) is 1. The van der Waals surface area contributed by atoms with Crippen LogP contribution in [0.4, 0.5) is 5.69 Å². The summed E-state index contributed by atoms with van der Waals surface area (Å²) in [5, 5.41) is 0. The lowest BCUT2D eigenvalue weighted by molar-refractivity contribution is 1.51. The zero-order valence-electron chi connectivity index (χ0n) is 9.04. The maximum Gasteiger partial charge on any atom is 0.0644 e. The van der Waals surface area contributed by atoms with Gasteiger partial charge in [-0.2, -0.15) is 0 Å². The maximum atomic E-state index is 5.93. The lowest BCUT2D eigenvalue weighted by Gasteiger charge is -1.92. The summed E-state index contributed by atoms with van der Waals surface area (Å²) in [7, 11) is 0. The van der Waals surface area contributed by atoms with Gasteiger partial charge in [0.2, 0.25) is 0 Å². The van der Waals surface area contributed by atoms with Crippen molar-refractivity contribution in [3.8, 4) is 35.8 Å². The molecule has 0 spiro atoms. The molecule has 2 rings (SSSR count). The number of nitrogen functional groups attached to an aromatic ring is 1. The Morgan fingerprint density at radius 1 is 0.938 bits per heavy atom. The summed E-state index contributed by atoms with van der Waals surface area (Å²) in [5.41, 5.74) is 10.9. The first kappa shape index (κ1) is 10.1. The molecule has 0 bridgehead atoms. The fraction of sp³-hybridized carbons (Fsp3) is 0.0667. The zero-order chi connectivity index (χ0) is 11.7. The van der Waals surface area contributed by atoms with Crippen LogP contribution in [0, 0.1) is 31.6 Å². The zero-order valence-corrected chi connectivity index (χ0v) is 9.04. The Hall–Kier alpha value is -2.38. The number of terminal acetylenes is 2. The van der Waals surface area contributed by atoms with Crippen molar-refractivity contribution in [1.82, 2.24) is 0 Å². The van der Waals surface area contributed by atoms with Crippen LogP contribution >= 0.6 is 0 Å². The SMILES string of the molecule is C#Cc1c2ccc(C)ccc-2c(C#C)c1N. The van der Waals surface area contributed by atoms with Crippen molar-refractivity contribution >= 4 is 5.69 Å². The average Bonchev–Trinajstić information content (AvgIpc) is 2.41. The largest absolute Gasteiger partial charge is 0.397 e. The molecule has 2 N–H and O–H groups in total. The molecule has 0 amide bonds. The molecule has 0 aromatic carbocycles. The predicted octanol–water partition coefficient (Wildman–Crippen LogP) is 2.64. The average molecular weight is 205 g/mol. The minimum Gasteiger partial charge on any atom is -0.397 e. The Morgan fingerprint density at radius 2 is 1.38 bits per heavy atom. The smallest absolute Gasteiger partial charge is 0.0644 e. The standard InChI is InChI=1S/C15H11N/c1-4-11-13-8-6-10(3)7-9-14(13)12(5-2)15(11)16/h1-2,6-9H,16H2,3H3. The van der Waals surface area contributed by atoms with Gasteiger partial charge in [-0.3, -0.25) is 0 Å². The first-order chi connectivity index (χ1) is 7.69. The van der Waals surface area contributed by atoms with Gasteiger partial charge in [0.05, 0.1) is 16.8 Å². The van der Waals surface area contributed by atoms with Gasteiger partial charge in [-0.15, -0.1) is 12.8 Å². The molecule has 0 aromatic heterocycles. The second-order valence-corrected chi connectivity index (χ2v) is 3.69. The van der Waals surface area contributed by atoms with E-state index in [2.05, 4.69) is 11.8 Å². The number of fused-ring (bicyclic) bond motifs is 1. The number of aryl methyl sites for hydroxylation is 1. The molecule has 76 valence electrons. The van der Waals surface area contributed by atoms with Crippen LogP contribution in [0.5, 0.6) is 0 Å². The third kappa shape index (κ3) is 1.31. The quantitative estimate of drug-likeness (QED) is 0.657. The van der Waals surface area contributed by atoms with Crippen LogP contribution in [0.15, 0.2) is 24.3 Å². The van der Waals surface area contributed by atoms with Gasteiger partial charge in [-0.25, -0.2) is 0 Å². The summed E-state index contributed by atoms with van der Waals surface area (Å²) in [5.74, 6) is 5.21. The highest BCUT2D eigenvalue weighted by molar-refractivity contribution is 5.91. The van der Waals surface area contributed by atoms with Gasteiger partial charge in [0.25, 0.3) is 0 Å². The molecule has 0 aliphatic heterocycles. The lowest BCUT2D eigenvalue weighted by atomic mass is 10.1. The summed E-state index contributed by atoms with van der Waals surface area (Å²) < 4.78 is 0. The topological polar surface area (TPSA) is 26.0 Å². The molecule has 0 fully saturated rings. The van der Waals surface area contributed by atoms with Crippen molar-refractivity contribution < 1.29 is 0 Å². The molecule has 2 aliphatic rings. The van der Waals surface area contributed by atoms with E-state index in [9.17, 15) is 0 Å². The van der Waals surface area contributed by atoms with Crippen molar-refractivity contribution in [2.45, 2.75) is 6.92 Å². The summed E-state index contributed by atoms with van der Waals surface area (Å²) in [6.07, 6.45) is 10.9. The van der Waals surface area contributed by atoms with E-state index in [-0.39, 0.29) is 0 Å². The Morgan fingerprint density at radius 3 is 1.75 bits per heavy atom. The van der Waals surface area contributed by atoms with E-state index < -0.39 is 0 Å². The molecular weight excluding hydrogens is 194 g/mol. The lowest BCUT2D eigenvalue weighted by Crippen LogP contribution is -1.87. The Kier molecular flexibility index (Phi) is 2.31. The van der Waals surface area contributed by atoms with Crippen molar-refractivity contribution in [2.75, 3.05) is 5.73 Å². The molecule has 2 aliphatic carbocycles. The van der Waals surface area contributed by atoms with Crippen molar-refractivity contribution in [3.05, 3.63) is 41.0 Å².